The molecule has 4 nitrogen and oxygen atoms in total. The highest BCUT2D eigenvalue weighted by molar-refractivity contribution is 5.78. The van der Waals surface area contributed by atoms with Gasteiger partial charge in [0, 0.05) is 12.1 Å². The number of likely N-dealkylation sites (tertiary alicyclic amines) is 1. The standard InChI is InChI=1S/C23H37N3O/c1-17(2)26-13-11-22(12-14-26)25(4)16-23(27)24-18(3)20-10-9-19-7-5-6-8-21(19)15-20/h9-10,15,17-18,22H,5-8,11-14,16H2,1-4H3,(H,24,27). The van der Waals surface area contributed by atoms with Gasteiger partial charge in [0.15, 0.2) is 0 Å². The quantitative estimate of drug-likeness (QED) is 0.831. The monoisotopic (exact) mass is 371 g/mol. The number of nitrogens with one attached hydrogen (secondary N) is 1. The smallest absolute Gasteiger partial charge is 0.234 e. The van der Waals surface area contributed by atoms with E-state index < -0.39 is 0 Å². The fourth-order valence-electron chi connectivity index (χ4n) is 4.59. The molecule has 3 rings (SSSR count). The molecule has 0 aromatic heterocycles. The molecule has 0 radical (unpaired) electrons. The van der Waals surface area contributed by atoms with Crippen LogP contribution in [0.15, 0.2) is 18.2 Å². The summed E-state index contributed by atoms with van der Waals surface area (Å²) in [5, 5.41) is 3.21. The van der Waals surface area contributed by atoms with Crippen LogP contribution in [-0.2, 0) is 17.6 Å². The second-order valence-electron chi connectivity index (χ2n) is 8.80. The van der Waals surface area contributed by atoms with Gasteiger partial charge in [-0.3, -0.25) is 9.69 Å². The van der Waals surface area contributed by atoms with Gasteiger partial charge < -0.3 is 10.2 Å². The van der Waals surface area contributed by atoms with E-state index in [0.717, 1.165) is 25.9 Å². The molecule has 1 N–H and O–H groups in total. The van der Waals surface area contributed by atoms with Crippen molar-refractivity contribution in [3.63, 3.8) is 0 Å². The molecule has 1 aromatic carbocycles. The SMILES string of the molecule is CC(NC(=O)CN(C)C1CCN(C(C)C)CC1)c1ccc2c(c1)CCCC2. The lowest BCUT2D eigenvalue weighted by molar-refractivity contribution is -0.123. The van der Waals surface area contributed by atoms with Crippen molar-refractivity contribution in [1.82, 2.24) is 15.1 Å². The lowest BCUT2D eigenvalue weighted by Crippen LogP contribution is -2.48. The van der Waals surface area contributed by atoms with E-state index in [2.05, 4.69) is 61.1 Å². The van der Waals surface area contributed by atoms with Crippen molar-refractivity contribution in [3.8, 4) is 0 Å². The first-order valence-corrected chi connectivity index (χ1v) is 10.8. The van der Waals surface area contributed by atoms with Gasteiger partial charge >= 0.3 is 0 Å². The van der Waals surface area contributed by atoms with Crippen molar-refractivity contribution in [3.05, 3.63) is 34.9 Å². The topological polar surface area (TPSA) is 35.6 Å². The molecule has 1 aliphatic heterocycles. The number of carbonyl (C=O) groups is 1. The van der Waals surface area contributed by atoms with E-state index >= 15 is 0 Å². The maximum Gasteiger partial charge on any atom is 0.234 e. The minimum absolute atomic E-state index is 0.0703. The van der Waals surface area contributed by atoms with Crippen molar-refractivity contribution in [2.45, 2.75) is 77.4 Å². The molecule has 1 atom stereocenters. The summed E-state index contributed by atoms with van der Waals surface area (Å²) in [5.41, 5.74) is 4.21. The highest BCUT2D eigenvalue weighted by atomic mass is 16.2. The van der Waals surface area contributed by atoms with E-state index in [0.29, 0.717) is 18.6 Å². The van der Waals surface area contributed by atoms with Crippen molar-refractivity contribution in [2.75, 3.05) is 26.7 Å². The van der Waals surface area contributed by atoms with Gasteiger partial charge in [0.25, 0.3) is 0 Å². The fourth-order valence-corrected chi connectivity index (χ4v) is 4.59. The molecule has 150 valence electrons. The van der Waals surface area contributed by atoms with Crippen LogP contribution in [0.5, 0.6) is 0 Å². The van der Waals surface area contributed by atoms with Crippen LogP contribution in [-0.4, -0.2) is 54.5 Å². The van der Waals surface area contributed by atoms with Gasteiger partial charge in [0.05, 0.1) is 12.6 Å². The number of aryl methyl sites for hydroxylation is 2. The summed E-state index contributed by atoms with van der Waals surface area (Å²) in [6.45, 7) is 9.39. The second-order valence-corrected chi connectivity index (χ2v) is 8.80. The number of hydrogen-bond donors (Lipinski definition) is 1. The minimum Gasteiger partial charge on any atom is -0.348 e. The average Bonchev–Trinajstić information content (AvgIpc) is 2.67. The van der Waals surface area contributed by atoms with Crippen LogP contribution in [0.1, 0.15) is 69.2 Å². The van der Waals surface area contributed by atoms with E-state index in [1.165, 1.54) is 42.4 Å². The predicted octanol–water partition coefficient (Wildman–Crippen LogP) is 3.55. The van der Waals surface area contributed by atoms with Crippen LogP contribution < -0.4 is 5.32 Å². The Hall–Kier alpha value is -1.39. The third-order valence-electron chi connectivity index (χ3n) is 6.50. The van der Waals surface area contributed by atoms with Crippen LogP contribution in [0.2, 0.25) is 0 Å². The summed E-state index contributed by atoms with van der Waals surface area (Å²) < 4.78 is 0. The molecule has 1 heterocycles. The summed E-state index contributed by atoms with van der Waals surface area (Å²) in [5.74, 6) is 0.133. The number of hydrogen-bond acceptors (Lipinski definition) is 3. The summed E-state index contributed by atoms with van der Waals surface area (Å²) in [7, 11) is 2.10. The summed E-state index contributed by atoms with van der Waals surface area (Å²) in [6.07, 6.45) is 7.29. The number of carbonyl (C=O) groups excluding carboxylic acids is 1. The number of amides is 1. The van der Waals surface area contributed by atoms with Crippen LogP contribution in [0.4, 0.5) is 0 Å². The van der Waals surface area contributed by atoms with Crippen LogP contribution in [0.25, 0.3) is 0 Å². The first-order chi connectivity index (χ1) is 12.9. The van der Waals surface area contributed by atoms with Gasteiger partial charge in [0.2, 0.25) is 5.91 Å². The normalized spacial score (nSPS) is 19.9. The zero-order valence-corrected chi connectivity index (χ0v) is 17.6. The van der Waals surface area contributed by atoms with Crippen molar-refractivity contribution in [2.24, 2.45) is 0 Å². The molecule has 0 bridgehead atoms. The summed E-state index contributed by atoms with van der Waals surface area (Å²) in [6, 6.07) is 7.98. The largest absolute Gasteiger partial charge is 0.348 e. The molecule has 0 saturated carbocycles. The molecule has 1 saturated heterocycles. The van der Waals surface area contributed by atoms with Crippen LogP contribution in [0.3, 0.4) is 0 Å². The van der Waals surface area contributed by atoms with Crippen molar-refractivity contribution >= 4 is 5.91 Å². The van der Waals surface area contributed by atoms with Crippen molar-refractivity contribution in [1.29, 1.82) is 0 Å². The fraction of sp³-hybridized carbons (Fsp3) is 0.696. The number of likely N-dealkylation sites (N-methyl/N-ethyl adjacent to an activating group) is 1. The molecule has 0 spiro atoms. The Morgan fingerprint density at radius 2 is 1.81 bits per heavy atom. The minimum atomic E-state index is 0.0703. The van der Waals surface area contributed by atoms with Crippen LogP contribution in [0, 0.1) is 0 Å². The Kier molecular flexibility index (Phi) is 6.93. The van der Waals surface area contributed by atoms with E-state index in [9.17, 15) is 4.79 Å². The maximum absolute atomic E-state index is 12.6. The van der Waals surface area contributed by atoms with E-state index in [4.69, 9.17) is 0 Å². The Bertz CT molecular complexity index is 635. The van der Waals surface area contributed by atoms with Crippen molar-refractivity contribution < 1.29 is 4.79 Å². The predicted molar refractivity (Wildman–Crippen MR) is 112 cm³/mol. The molecule has 1 aliphatic carbocycles. The third-order valence-corrected chi connectivity index (χ3v) is 6.50. The van der Waals surface area contributed by atoms with Gasteiger partial charge in [-0.05, 0) is 96.1 Å². The highest BCUT2D eigenvalue weighted by Crippen LogP contribution is 2.25. The van der Waals surface area contributed by atoms with Gasteiger partial charge in [-0.1, -0.05) is 18.2 Å². The zero-order chi connectivity index (χ0) is 19.4. The highest BCUT2D eigenvalue weighted by Gasteiger charge is 2.25. The van der Waals surface area contributed by atoms with Crippen LogP contribution >= 0.6 is 0 Å². The molecule has 2 aliphatic rings. The van der Waals surface area contributed by atoms with E-state index in [1.807, 2.05) is 0 Å². The molecular weight excluding hydrogens is 334 g/mol. The zero-order valence-electron chi connectivity index (χ0n) is 17.6. The van der Waals surface area contributed by atoms with Gasteiger partial charge in [-0.25, -0.2) is 0 Å². The Morgan fingerprint density at radius 3 is 2.48 bits per heavy atom. The summed E-state index contributed by atoms with van der Waals surface area (Å²) >= 11 is 0. The number of fused-ring (bicyclic) bond motifs is 1. The number of piperidine rings is 1. The lowest BCUT2D eigenvalue weighted by atomic mass is 9.89. The van der Waals surface area contributed by atoms with E-state index in [1.54, 1.807) is 0 Å². The average molecular weight is 372 g/mol. The number of rotatable bonds is 6. The van der Waals surface area contributed by atoms with E-state index in [-0.39, 0.29) is 11.9 Å². The Labute approximate surface area is 165 Å². The summed E-state index contributed by atoms with van der Waals surface area (Å²) in [4.78, 5) is 17.4. The maximum atomic E-state index is 12.6. The Balaban J connectivity index is 1.48. The first kappa shape index (κ1) is 20.3. The number of benzene rings is 1. The molecular formula is C23H37N3O. The molecule has 1 amide bonds. The van der Waals surface area contributed by atoms with Gasteiger partial charge in [-0.15, -0.1) is 0 Å². The molecule has 1 unspecified atom stereocenters. The molecule has 27 heavy (non-hydrogen) atoms. The lowest BCUT2D eigenvalue weighted by Gasteiger charge is -2.38. The third kappa shape index (κ3) is 5.32. The Morgan fingerprint density at radius 1 is 1.15 bits per heavy atom. The number of nitrogens with zero attached hydrogens (tertiary/aromatic N) is 2. The molecule has 1 fully saturated rings. The first-order valence-electron chi connectivity index (χ1n) is 10.8. The molecule has 1 aromatic rings. The second kappa shape index (κ2) is 9.20. The molecule has 4 heteroatoms. The van der Waals surface area contributed by atoms with Gasteiger partial charge in [-0.2, -0.15) is 0 Å². The van der Waals surface area contributed by atoms with Gasteiger partial charge in [0.1, 0.15) is 0 Å².